The van der Waals surface area contributed by atoms with Crippen molar-refractivity contribution in [1.82, 2.24) is 9.55 Å². The van der Waals surface area contributed by atoms with E-state index < -0.39 is 0 Å². The third-order valence-electron chi connectivity index (χ3n) is 3.23. The summed E-state index contributed by atoms with van der Waals surface area (Å²) in [5.41, 5.74) is 4.77. The smallest absolute Gasteiger partial charge is 0.207 e. The SMILES string of the molecule is Cc1cn(Cc2cscc2C)c(Nc2ccccc2)n1. The van der Waals surface area contributed by atoms with Crippen LogP contribution in [-0.2, 0) is 6.54 Å². The first-order valence-corrected chi connectivity index (χ1v) is 7.54. The summed E-state index contributed by atoms with van der Waals surface area (Å²) in [6, 6.07) is 10.1. The highest BCUT2D eigenvalue weighted by Crippen LogP contribution is 2.20. The zero-order chi connectivity index (χ0) is 13.9. The van der Waals surface area contributed by atoms with Gasteiger partial charge < -0.3 is 9.88 Å². The second-order valence-electron chi connectivity index (χ2n) is 4.90. The van der Waals surface area contributed by atoms with Gasteiger partial charge in [-0.25, -0.2) is 4.98 Å². The summed E-state index contributed by atoms with van der Waals surface area (Å²) >= 11 is 1.75. The molecule has 0 atom stereocenters. The predicted molar refractivity (Wildman–Crippen MR) is 84.8 cm³/mol. The summed E-state index contributed by atoms with van der Waals surface area (Å²) in [6.45, 7) is 5.03. The lowest BCUT2D eigenvalue weighted by Gasteiger charge is -2.09. The number of hydrogen-bond acceptors (Lipinski definition) is 3. The molecule has 0 bridgehead atoms. The fourth-order valence-electron chi connectivity index (χ4n) is 2.15. The summed E-state index contributed by atoms with van der Waals surface area (Å²) in [4.78, 5) is 4.57. The lowest BCUT2D eigenvalue weighted by Crippen LogP contribution is -2.04. The number of nitrogens with one attached hydrogen (secondary N) is 1. The Kier molecular flexibility index (Phi) is 3.56. The Morgan fingerprint density at radius 3 is 2.65 bits per heavy atom. The Labute approximate surface area is 122 Å². The van der Waals surface area contributed by atoms with E-state index in [2.05, 4.69) is 38.7 Å². The molecule has 3 nitrogen and oxygen atoms in total. The molecule has 2 heterocycles. The lowest BCUT2D eigenvalue weighted by atomic mass is 10.2. The van der Waals surface area contributed by atoms with Gasteiger partial charge in [-0.1, -0.05) is 18.2 Å². The Morgan fingerprint density at radius 2 is 1.95 bits per heavy atom. The van der Waals surface area contributed by atoms with E-state index in [0.29, 0.717) is 0 Å². The van der Waals surface area contributed by atoms with Crippen molar-refractivity contribution >= 4 is 23.0 Å². The van der Waals surface area contributed by atoms with E-state index in [-0.39, 0.29) is 0 Å². The van der Waals surface area contributed by atoms with Crippen molar-refractivity contribution in [2.75, 3.05) is 5.32 Å². The third kappa shape index (κ3) is 2.75. The molecule has 0 aliphatic rings. The maximum absolute atomic E-state index is 4.57. The van der Waals surface area contributed by atoms with Crippen LogP contribution in [0.15, 0.2) is 47.3 Å². The highest BCUT2D eigenvalue weighted by atomic mass is 32.1. The number of hydrogen-bond donors (Lipinski definition) is 1. The molecule has 3 aromatic rings. The molecule has 1 aromatic carbocycles. The fourth-order valence-corrected chi connectivity index (χ4v) is 3.00. The van der Waals surface area contributed by atoms with Crippen LogP contribution in [-0.4, -0.2) is 9.55 Å². The first-order valence-electron chi connectivity index (χ1n) is 6.60. The number of para-hydroxylation sites is 1. The van der Waals surface area contributed by atoms with Crippen molar-refractivity contribution in [3.63, 3.8) is 0 Å². The van der Waals surface area contributed by atoms with Crippen molar-refractivity contribution in [1.29, 1.82) is 0 Å². The van der Waals surface area contributed by atoms with Crippen LogP contribution in [0.4, 0.5) is 11.6 Å². The van der Waals surface area contributed by atoms with E-state index in [0.717, 1.165) is 23.9 Å². The van der Waals surface area contributed by atoms with Crippen LogP contribution in [0.3, 0.4) is 0 Å². The van der Waals surface area contributed by atoms with E-state index in [1.807, 2.05) is 37.3 Å². The van der Waals surface area contributed by atoms with E-state index >= 15 is 0 Å². The topological polar surface area (TPSA) is 29.9 Å². The Balaban J connectivity index is 1.87. The van der Waals surface area contributed by atoms with Gasteiger partial charge >= 0.3 is 0 Å². The van der Waals surface area contributed by atoms with Gasteiger partial charge in [-0.15, -0.1) is 0 Å². The molecule has 1 N–H and O–H groups in total. The minimum absolute atomic E-state index is 0.853. The largest absolute Gasteiger partial charge is 0.326 e. The number of thiophene rings is 1. The average molecular weight is 283 g/mol. The van der Waals surface area contributed by atoms with E-state index in [1.54, 1.807) is 11.3 Å². The normalized spacial score (nSPS) is 10.7. The first-order chi connectivity index (χ1) is 9.72. The van der Waals surface area contributed by atoms with Gasteiger partial charge in [0.25, 0.3) is 0 Å². The van der Waals surface area contributed by atoms with Crippen molar-refractivity contribution in [2.45, 2.75) is 20.4 Å². The van der Waals surface area contributed by atoms with Crippen LogP contribution in [0.5, 0.6) is 0 Å². The summed E-state index contributed by atoms with van der Waals surface area (Å²) in [5.74, 6) is 0.888. The molecule has 0 aliphatic carbocycles. The summed E-state index contributed by atoms with van der Waals surface area (Å²) in [5, 5.41) is 7.77. The number of benzene rings is 1. The Morgan fingerprint density at radius 1 is 1.15 bits per heavy atom. The molecular weight excluding hydrogens is 266 g/mol. The number of aryl methyl sites for hydroxylation is 2. The molecule has 0 fully saturated rings. The van der Waals surface area contributed by atoms with Gasteiger partial charge in [0, 0.05) is 11.9 Å². The number of anilines is 2. The number of nitrogens with zero attached hydrogens (tertiary/aromatic N) is 2. The number of imidazole rings is 1. The quantitative estimate of drug-likeness (QED) is 0.771. The molecule has 20 heavy (non-hydrogen) atoms. The second kappa shape index (κ2) is 5.51. The van der Waals surface area contributed by atoms with Crippen molar-refractivity contribution in [3.8, 4) is 0 Å². The average Bonchev–Trinajstić information content (AvgIpc) is 2.98. The minimum Gasteiger partial charge on any atom is -0.326 e. The molecular formula is C16H17N3S. The van der Waals surface area contributed by atoms with Gasteiger partial charge in [-0.2, -0.15) is 11.3 Å². The predicted octanol–water partition coefficient (Wildman–Crippen LogP) is 4.35. The summed E-state index contributed by atoms with van der Waals surface area (Å²) in [7, 11) is 0. The zero-order valence-electron chi connectivity index (χ0n) is 11.6. The van der Waals surface area contributed by atoms with Gasteiger partial charge in [-0.05, 0) is 47.9 Å². The van der Waals surface area contributed by atoms with Crippen molar-refractivity contribution in [3.05, 3.63) is 64.1 Å². The van der Waals surface area contributed by atoms with Crippen molar-refractivity contribution < 1.29 is 0 Å². The van der Waals surface area contributed by atoms with Crippen LogP contribution in [0.2, 0.25) is 0 Å². The summed E-state index contributed by atoms with van der Waals surface area (Å²) < 4.78 is 2.16. The van der Waals surface area contributed by atoms with Crippen LogP contribution in [0.25, 0.3) is 0 Å². The monoisotopic (exact) mass is 283 g/mol. The lowest BCUT2D eigenvalue weighted by molar-refractivity contribution is 0.805. The third-order valence-corrected chi connectivity index (χ3v) is 4.14. The molecule has 2 aromatic heterocycles. The zero-order valence-corrected chi connectivity index (χ0v) is 12.4. The molecule has 0 amide bonds. The Hall–Kier alpha value is -2.07. The first kappa shape index (κ1) is 12.9. The standard InChI is InChI=1S/C16H17N3S/c1-12-10-20-11-14(12)9-19-8-13(2)17-16(19)18-15-6-4-3-5-7-15/h3-8,10-11H,9H2,1-2H3,(H,17,18). The van der Waals surface area contributed by atoms with E-state index in [4.69, 9.17) is 0 Å². The Bertz CT molecular complexity index is 698. The molecule has 0 aliphatic heterocycles. The summed E-state index contributed by atoms with van der Waals surface area (Å²) in [6.07, 6.45) is 2.09. The van der Waals surface area contributed by atoms with E-state index in [1.165, 1.54) is 11.1 Å². The van der Waals surface area contributed by atoms with Crippen LogP contribution in [0.1, 0.15) is 16.8 Å². The van der Waals surface area contributed by atoms with Gasteiger partial charge in [0.05, 0.1) is 12.2 Å². The van der Waals surface area contributed by atoms with Crippen molar-refractivity contribution in [2.24, 2.45) is 0 Å². The molecule has 0 spiro atoms. The van der Waals surface area contributed by atoms with Gasteiger partial charge in [0.1, 0.15) is 0 Å². The highest BCUT2D eigenvalue weighted by Gasteiger charge is 2.08. The van der Waals surface area contributed by atoms with Gasteiger partial charge in [0.15, 0.2) is 0 Å². The molecule has 0 saturated heterocycles. The minimum atomic E-state index is 0.853. The van der Waals surface area contributed by atoms with Crippen LogP contribution < -0.4 is 5.32 Å². The molecule has 0 saturated carbocycles. The molecule has 3 rings (SSSR count). The maximum Gasteiger partial charge on any atom is 0.207 e. The van der Waals surface area contributed by atoms with Gasteiger partial charge in [0.2, 0.25) is 5.95 Å². The maximum atomic E-state index is 4.57. The fraction of sp³-hybridized carbons (Fsp3) is 0.188. The van der Waals surface area contributed by atoms with Crippen LogP contribution in [0, 0.1) is 13.8 Å². The van der Waals surface area contributed by atoms with Crippen LogP contribution >= 0.6 is 11.3 Å². The molecule has 4 heteroatoms. The number of rotatable bonds is 4. The molecule has 102 valence electrons. The molecule has 0 radical (unpaired) electrons. The second-order valence-corrected chi connectivity index (χ2v) is 5.65. The highest BCUT2D eigenvalue weighted by molar-refractivity contribution is 7.08. The number of aromatic nitrogens is 2. The van der Waals surface area contributed by atoms with E-state index in [9.17, 15) is 0 Å². The molecule has 0 unspecified atom stereocenters. The van der Waals surface area contributed by atoms with Gasteiger partial charge in [-0.3, -0.25) is 0 Å².